The van der Waals surface area contributed by atoms with Gasteiger partial charge in [0.05, 0.1) is 0 Å². The van der Waals surface area contributed by atoms with Crippen LogP contribution in [-0.4, -0.2) is 22.5 Å². The van der Waals surface area contributed by atoms with E-state index in [2.05, 4.69) is 19.2 Å². The highest BCUT2D eigenvalue weighted by Gasteiger charge is 2.21. The van der Waals surface area contributed by atoms with E-state index in [0.29, 0.717) is 11.6 Å². The van der Waals surface area contributed by atoms with Crippen LogP contribution in [0.3, 0.4) is 0 Å². The Labute approximate surface area is 142 Å². The number of hydrogen-bond acceptors (Lipinski definition) is 3. The molecule has 2 aromatic rings. The first kappa shape index (κ1) is 17.8. The molecule has 0 spiro atoms. The zero-order chi connectivity index (χ0) is 17.7. The molecular formula is C19H24N2O3. The Kier molecular flexibility index (Phi) is 5.79. The van der Waals surface area contributed by atoms with Crippen LogP contribution < -0.4 is 5.32 Å². The molecule has 0 aliphatic heterocycles. The Morgan fingerprint density at radius 1 is 1.17 bits per heavy atom. The molecule has 2 rings (SSSR count). The molecule has 2 atom stereocenters. The lowest BCUT2D eigenvalue weighted by Crippen LogP contribution is -2.30. The lowest BCUT2D eigenvalue weighted by Gasteiger charge is -2.18. The van der Waals surface area contributed by atoms with Gasteiger partial charge in [-0.1, -0.05) is 32.0 Å². The van der Waals surface area contributed by atoms with Crippen LogP contribution in [0.1, 0.15) is 49.2 Å². The molecule has 0 radical (unpaired) electrons. The van der Waals surface area contributed by atoms with E-state index in [1.54, 1.807) is 36.9 Å². The summed E-state index contributed by atoms with van der Waals surface area (Å²) in [6.45, 7) is 5.79. The molecule has 1 heterocycles. The molecule has 5 nitrogen and oxygen atoms in total. The quantitative estimate of drug-likeness (QED) is 0.822. The largest absolute Gasteiger partial charge is 0.448 e. The first-order valence-corrected chi connectivity index (χ1v) is 8.16. The number of anilines is 1. The maximum atomic E-state index is 12.4. The molecule has 128 valence electrons. The third kappa shape index (κ3) is 4.04. The summed E-state index contributed by atoms with van der Waals surface area (Å²) in [5.41, 5.74) is 2.25. The smallest absolute Gasteiger partial charge is 0.355 e. The number of carbonyl (C=O) groups excluding carboxylic acids is 2. The van der Waals surface area contributed by atoms with Crippen LogP contribution in [0.15, 0.2) is 42.6 Å². The van der Waals surface area contributed by atoms with Crippen molar-refractivity contribution in [1.29, 1.82) is 0 Å². The summed E-state index contributed by atoms with van der Waals surface area (Å²) in [5.74, 6) is -0.517. The first-order valence-electron chi connectivity index (χ1n) is 8.16. The molecule has 0 aliphatic carbocycles. The second-order valence-corrected chi connectivity index (χ2v) is 5.94. The lowest BCUT2D eigenvalue weighted by atomic mass is 9.97. The molecule has 1 N–H and O–H groups in total. The van der Waals surface area contributed by atoms with E-state index in [9.17, 15) is 9.59 Å². The average Bonchev–Trinajstić information content (AvgIpc) is 3.00. The van der Waals surface area contributed by atoms with E-state index >= 15 is 0 Å². The van der Waals surface area contributed by atoms with Gasteiger partial charge in [0.15, 0.2) is 6.10 Å². The van der Waals surface area contributed by atoms with Gasteiger partial charge < -0.3 is 14.6 Å². The minimum Gasteiger partial charge on any atom is -0.448 e. The normalized spacial score (nSPS) is 13.2. The van der Waals surface area contributed by atoms with Crippen molar-refractivity contribution in [3.63, 3.8) is 0 Å². The molecule has 0 fully saturated rings. The molecule has 0 aliphatic rings. The fraction of sp³-hybridized carbons (Fsp3) is 0.368. The summed E-state index contributed by atoms with van der Waals surface area (Å²) in [6.07, 6.45) is 1.85. The van der Waals surface area contributed by atoms with Gasteiger partial charge in [0.1, 0.15) is 5.69 Å². The van der Waals surface area contributed by atoms with Crippen LogP contribution in [0.4, 0.5) is 5.69 Å². The van der Waals surface area contributed by atoms with Crippen LogP contribution in [0.25, 0.3) is 0 Å². The van der Waals surface area contributed by atoms with Crippen molar-refractivity contribution in [2.75, 3.05) is 5.32 Å². The number of amides is 1. The Bertz CT molecular complexity index is 721. The number of carbonyl (C=O) groups is 2. The zero-order valence-corrected chi connectivity index (χ0v) is 14.6. The number of aromatic nitrogens is 1. The minimum absolute atomic E-state index is 0.336. The van der Waals surface area contributed by atoms with Crippen LogP contribution >= 0.6 is 0 Å². The predicted octanol–water partition coefficient (Wildman–Crippen LogP) is 3.72. The van der Waals surface area contributed by atoms with Crippen LogP contribution in [0.2, 0.25) is 0 Å². The minimum atomic E-state index is -0.877. The summed E-state index contributed by atoms with van der Waals surface area (Å²) < 4.78 is 6.92. The number of ether oxygens (including phenoxy) is 1. The van der Waals surface area contributed by atoms with Gasteiger partial charge in [0, 0.05) is 18.9 Å². The van der Waals surface area contributed by atoms with Crippen LogP contribution in [-0.2, 0) is 16.6 Å². The third-order valence-electron chi connectivity index (χ3n) is 4.17. The van der Waals surface area contributed by atoms with Gasteiger partial charge in [-0.2, -0.15) is 0 Å². The van der Waals surface area contributed by atoms with E-state index in [0.717, 1.165) is 17.7 Å². The molecule has 1 aromatic carbocycles. The van der Waals surface area contributed by atoms with Gasteiger partial charge in [0.2, 0.25) is 0 Å². The highest BCUT2D eigenvalue weighted by Crippen LogP contribution is 2.26. The van der Waals surface area contributed by atoms with Crippen LogP contribution in [0, 0.1) is 0 Å². The molecular weight excluding hydrogens is 304 g/mol. The van der Waals surface area contributed by atoms with Crippen molar-refractivity contribution in [2.45, 2.75) is 39.2 Å². The second kappa shape index (κ2) is 7.81. The first-order chi connectivity index (χ1) is 11.4. The van der Waals surface area contributed by atoms with Crippen molar-refractivity contribution in [1.82, 2.24) is 4.57 Å². The molecule has 24 heavy (non-hydrogen) atoms. The van der Waals surface area contributed by atoms with Crippen molar-refractivity contribution in [3.8, 4) is 0 Å². The number of aryl methyl sites for hydroxylation is 1. The summed E-state index contributed by atoms with van der Waals surface area (Å²) >= 11 is 0. The topological polar surface area (TPSA) is 60.3 Å². The van der Waals surface area contributed by atoms with Crippen molar-refractivity contribution in [3.05, 3.63) is 53.9 Å². The van der Waals surface area contributed by atoms with Crippen molar-refractivity contribution < 1.29 is 14.3 Å². The summed E-state index contributed by atoms with van der Waals surface area (Å²) in [7, 11) is 1.75. The van der Waals surface area contributed by atoms with E-state index < -0.39 is 12.1 Å². The highest BCUT2D eigenvalue weighted by molar-refractivity contribution is 5.97. The maximum Gasteiger partial charge on any atom is 0.355 e. The van der Waals surface area contributed by atoms with Crippen molar-refractivity contribution >= 4 is 17.6 Å². The Balaban J connectivity index is 2.05. The fourth-order valence-electron chi connectivity index (χ4n) is 2.44. The summed E-state index contributed by atoms with van der Waals surface area (Å²) in [6, 6.07) is 11.1. The number of rotatable bonds is 6. The van der Waals surface area contributed by atoms with E-state index in [1.165, 1.54) is 0 Å². The SMILES string of the molecule is CC[C@H](C)c1ccccc1NC(=O)[C@H](C)OC(=O)c1cccn1C. The fourth-order valence-corrected chi connectivity index (χ4v) is 2.44. The lowest BCUT2D eigenvalue weighted by molar-refractivity contribution is -0.123. The summed E-state index contributed by atoms with van der Waals surface area (Å²) in [4.78, 5) is 24.5. The number of nitrogens with zero attached hydrogens (tertiary/aromatic N) is 1. The summed E-state index contributed by atoms with van der Waals surface area (Å²) in [5, 5.41) is 2.87. The van der Waals surface area contributed by atoms with Gasteiger partial charge in [-0.25, -0.2) is 4.79 Å². The van der Waals surface area contributed by atoms with E-state index in [1.807, 2.05) is 24.3 Å². The molecule has 0 saturated carbocycles. The molecule has 0 bridgehead atoms. The van der Waals surface area contributed by atoms with Crippen LogP contribution in [0.5, 0.6) is 0 Å². The average molecular weight is 328 g/mol. The Morgan fingerprint density at radius 3 is 2.50 bits per heavy atom. The Hall–Kier alpha value is -2.56. The maximum absolute atomic E-state index is 12.4. The second-order valence-electron chi connectivity index (χ2n) is 5.94. The van der Waals surface area contributed by atoms with Gasteiger partial charge in [-0.15, -0.1) is 0 Å². The standard InChI is InChI=1S/C19H24N2O3/c1-5-13(2)15-9-6-7-10-16(15)20-18(22)14(3)24-19(23)17-11-8-12-21(17)4/h6-14H,5H2,1-4H3,(H,20,22)/t13-,14-/m0/s1. The number of benzene rings is 1. The highest BCUT2D eigenvalue weighted by atomic mass is 16.5. The number of hydrogen-bond donors (Lipinski definition) is 1. The molecule has 5 heteroatoms. The zero-order valence-electron chi connectivity index (χ0n) is 14.6. The van der Waals surface area contributed by atoms with Gasteiger partial charge in [0.25, 0.3) is 5.91 Å². The number of esters is 1. The van der Waals surface area contributed by atoms with Gasteiger partial charge in [-0.3, -0.25) is 4.79 Å². The Morgan fingerprint density at radius 2 is 1.88 bits per heavy atom. The number of nitrogens with one attached hydrogen (secondary N) is 1. The van der Waals surface area contributed by atoms with E-state index in [4.69, 9.17) is 4.74 Å². The monoisotopic (exact) mass is 328 g/mol. The van der Waals surface area contributed by atoms with Gasteiger partial charge in [-0.05, 0) is 43.0 Å². The molecule has 0 saturated heterocycles. The third-order valence-corrected chi connectivity index (χ3v) is 4.17. The van der Waals surface area contributed by atoms with E-state index in [-0.39, 0.29) is 5.91 Å². The van der Waals surface area contributed by atoms with Gasteiger partial charge >= 0.3 is 5.97 Å². The molecule has 1 amide bonds. The number of para-hydroxylation sites is 1. The molecule has 1 aromatic heterocycles. The predicted molar refractivity (Wildman–Crippen MR) is 94.1 cm³/mol. The molecule has 0 unspecified atom stereocenters. The van der Waals surface area contributed by atoms with Crippen molar-refractivity contribution in [2.24, 2.45) is 7.05 Å².